The quantitative estimate of drug-likeness (QED) is 0.782. The molecule has 0 saturated heterocycles. The van der Waals surface area contributed by atoms with Gasteiger partial charge >= 0.3 is 6.61 Å². The van der Waals surface area contributed by atoms with Crippen molar-refractivity contribution >= 4 is 0 Å². The molecule has 1 heterocycles. The van der Waals surface area contributed by atoms with Gasteiger partial charge in [0.15, 0.2) is 0 Å². The molecule has 0 atom stereocenters. The first-order valence-corrected chi connectivity index (χ1v) is 6.52. The van der Waals surface area contributed by atoms with Gasteiger partial charge in [-0.05, 0) is 17.7 Å². The molecule has 2 rings (SSSR count). The number of aliphatic hydroxyl groups excluding tert-OH is 1. The molecule has 2 N–H and O–H groups in total. The Labute approximate surface area is 121 Å². The second-order valence-corrected chi connectivity index (χ2v) is 4.49. The predicted octanol–water partition coefficient (Wildman–Crippen LogP) is 2.01. The van der Waals surface area contributed by atoms with Crippen LogP contribution in [0.1, 0.15) is 11.4 Å². The van der Waals surface area contributed by atoms with Gasteiger partial charge in [-0.15, -0.1) is 0 Å². The van der Waals surface area contributed by atoms with E-state index in [0.717, 1.165) is 11.4 Å². The Kier molecular flexibility index (Phi) is 5.65. The Morgan fingerprint density at radius 3 is 2.57 bits per heavy atom. The zero-order valence-corrected chi connectivity index (χ0v) is 11.4. The highest BCUT2D eigenvalue weighted by Gasteiger charge is 2.09. The molecule has 0 radical (unpaired) electrons. The van der Waals surface area contributed by atoms with Crippen molar-refractivity contribution in [3.63, 3.8) is 0 Å². The summed E-state index contributed by atoms with van der Waals surface area (Å²) >= 11 is 0. The topological polar surface area (TPSA) is 61.4 Å². The standard InChI is InChI=1S/C14H17F2N3O2/c15-14(16)21-12-3-1-11(2-4-12)9-19(7-8-20)10-13-17-5-6-18-13/h1-6,14,20H,7-10H2,(H,17,18). The molecule has 0 unspecified atom stereocenters. The third-order valence-electron chi connectivity index (χ3n) is 2.90. The molecule has 0 aliphatic heterocycles. The fraction of sp³-hybridized carbons (Fsp3) is 0.357. The van der Waals surface area contributed by atoms with Crippen molar-refractivity contribution in [3.05, 3.63) is 48.0 Å². The number of aliphatic hydroxyl groups is 1. The Hall–Kier alpha value is -1.99. The van der Waals surface area contributed by atoms with Crippen molar-refractivity contribution in [2.45, 2.75) is 19.7 Å². The second-order valence-electron chi connectivity index (χ2n) is 4.49. The lowest BCUT2D eigenvalue weighted by molar-refractivity contribution is -0.0498. The van der Waals surface area contributed by atoms with Gasteiger partial charge in [0, 0.05) is 25.5 Å². The van der Waals surface area contributed by atoms with Crippen molar-refractivity contribution in [3.8, 4) is 5.75 Å². The van der Waals surface area contributed by atoms with Gasteiger partial charge in [0.2, 0.25) is 0 Å². The molecule has 2 aromatic rings. The summed E-state index contributed by atoms with van der Waals surface area (Å²) in [4.78, 5) is 9.15. The summed E-state index contributed by atoms with van der Waals surface area (Å²) < 4.78 is 28.5. The van der Waals surface area contributed by atoms with E-state index in [9.17, 15) is 8.78 Å². The van der Waals surface area contributed by atoms with Crippen LogP contribution in [0.4, 0.5) is 8.78 Å². The molecule has 0 fully saturated rings. The minimum absolute atomic E-state index is 0.0350. The number of aromatic nitrogens is 2. The molecular formula is C14H17F2N3O2. The summed E-state index contributed by atoms with van der Waals surface area (Å²) in [7, 11) is 0. The largest absolute Gasteiger partial charge is 0.435 e. The smallest absolute Gasteiger partial charge is 0.387 e. The lowest BCUT2D eigenvalue weighted by atomic mass is 10.2. The summed E-state index contributed by atoms with van der Waals surface area (Å²) in [5.41, 5.74) is 0.941. The number of nitrogens with one attached hydrogen (secondary N) is 1. The highest BCUT2D eigenvalue weighted by Crippen LogP contribution is 2.16. The van der Waals surface area contributed by atoms with Crippen molar-refractivity contribution in [2.75, 3.05) is 13.2 Å². The van der Waals surface area contributed by atoms with Crippen molar-refractivity contribution in [1.29, 1.82) is 0 Å². The van der Waals surface area contributed by atoms with E-state index in [1.54, 1.807) is 24.5 Å². The van der Waals surface area contributed by atoms with Gasteiger partial charge in [-0.3, -0.25) is 4.90 Å². The van der Waals surface area contributed by atoms with Gasteiger partial charge in [-0.25, -0.2) is 4.98 Å². The fourth-order valence-electron chi connectivity index (χ4n) is 1.99. The van der Waals surface area contributed by atoms with Crippen LogP contribution < -0.4 is 4.74 Å². The molecule has 5 nitrogen and oxygen atoms in total. The molecule has 7 heteroatoms. The normalized spacial score (nSPS) is 11.3. The van der Waals surface area contributed by atoms with Crippen LogP contribution in [0.15, 0.2) is 36.7 Å². The summed E-state index contributed by atoms with van der Waals surface area (Å²) in [5.74, 6) is 0.939. The van der Waals surface area contributed by atoms with Crippen molar-refractivity contribution in [1.82, 2.24) is 14.9 Å². The van der Waals surface area contributed by atoms with Crippen LogP contribution in [-0.2, 0) is 13.1 Å². The Morgan fingerprint density at radius 1 is 1.24 bits per heavy atom. The highest BCUT2D eigenvalue weighted by atomic mass is 19.3. The number of benzene rings is 1. The highest BCUT2D eigenvalue weighted by molar-refractivity contribution is 5.27. The molecule has 0 aliphatic carbocycles. The van der Waals surface area contributed by atoms with E-state index in [2.05, 4.69) is 14.7 Å². The third-order valence-corrected chi connectivity index (χ3v) is 2.90. The number of hydrogen-bond acceptors (Lipinski definition) is 4. The van der Waals surface area contributed by atoms with Crippen LogP contribution >= 0.6 is 0 Å². The molecule has 0 spiro atoms. The van der Waals surface area contributed by atoms with E-state index in [4.69, 9.17) is 5.11 Å². The Bertz CT molecular complexity index is 518. The summed E-state index contributed by atoms with van der Waals surface area (Å²) in [5, 5.41) is 9.11. The average molecular weight is 297 g/mol. The van der Waals surface area contributed by atoms with Gasteiger partial charge in [-0.1, -0.05) is 12.1 Å². The number of rotatable bonds is 8. The Balaban J connectivity index is 1.96. The van der Waals surface area contributed by atoms with E-state index in [1.165, 1.54) is 12.1 Å². The van der Waals surface area contributed by atoms with Gasteiger partial charge in [0.25, 0.3) is 0 Å². The maximum Gasteiger partial charge on any atom is 0.387 e. The van der Waals surface area contributed by atoms with Crippen LogP contribution in [-0.4, -0.2) is 39.7 Å². The molecule has 1 aromatic heterocycles. The first kappa shape index (κ1) is 15.4. The lowest BCUT2D eigenvalue weighted by Gasteiger charge is -2.20. The maximum atomic E-state index is 12.1. The molecular weight excluding hydrogens is 280 g/mol. The molecule has 0 bridgehead atoms. The number of nitrogens with zero attached hydrogens (tertiary/aromatic N) is 2. The molecule has 114 valence electrons. The minimum Gasteiger partial charge on any atom is -0.435 e. The van der Waals surface area contributed by atoms with Crippen LogP contribution in [0, 0.1) is 0 Å². The number of aromatic amines is 1. The zero-order chi connectivity index (χ0) is 15.1. The van der Waals surface area contributed by atoms with Crippen LogP contribution in [0.5, 0.6) is 5.75 Å². The van der Waals surface area contributed by atoms with Gasteiger partial charge in [-0.2, -0.15) is 8.78 Å². The van der Waals surface area contributed by atoms with Gasteiger partial charge < -0.3 is 14.8 Å². The maximum absolute atomic E-state index is 12.1. The predicted molar refractivity (Wildman–Crippen MR) is 72.9 cm³/mol. The molecule has 0 aliphatic rings. The summed E-state index contributed by atoms with van der Waals surface area (Å²) in [6.07, 6.45) is 3.41. The van der Waals surface area contributed by atoms with E-state index in [-0.39, 0.29) is 12.4 Å². The van der Waals surface area contributed by atoms with E-state index >= 15 is 0 Å². The summed E-state index contributed by atoms with van der Waals surface area (Å²) in [6.45, 7) is -1.14. The van der Waals surface area contributed by atoms with Crippen LogP contribution in [0.3, 0.4) is 0 Å². The second kappa shape index (κ2) is 7.70. The average Bonchev–Trinajstić information content (AvgIpc) is 2.93. The van der Waals surface area contributed by atoms with E-state index in [0.29, 0.717) is 19.6 Å². The van der Waals surface area contributed by atoms with Crippen molar-refractivity contribution < 1.29 is 18.6 Å². The van der Waals surface area contributed by atoms with Crippen LogP contribution in [0.2, 0.25) is 0 Å². The SMILES string of the molecule is OCCN(Cc1ccc(OC(F)F)cc1)Cc1ncc[nH]1. The minimum atomic E-state index is -2.82. The molecule has 1 aromatic carbocycles. The third kappa shape index (κ3) is 5.13. The lowest BCUT2D eigenvalue weighted by Crippen LogP contribution is -2.26. The first-order valence-electron chi connectivity index (χ1n) is 6.52. The molecule has 0 saturated carbocycles. The number of H-pyrrole nitrogens is 1. The first-order chi connectivity index (χ1) is 10.2. The Morgan fingerprint density at radius 2 is 2.00 bits per heavy atom. The van der Waals surface area contributed by atoms with Gasteiger partial charge in [0.05, 0.1) is 13.2 Å². The van der Waals surface area contributed by atoms with Crippen molar-refractivity contribution in [2.24, 2.45) is 0 Å². The molecule has 21 heavy (non-hydrogen) atoms. The molecule has 0 amide bonds. The number of halogens is 2. The van der Waals surface area contributed by atoms with Crippen LogP contribution in [0.25, 0.3) is 0 Å². The van der Waals surface area contributed by atoms with E-state index in [1.807, 2.05) is 4.90 Å². The fourth-order valence-corrected chi connectivity index (χ4v) is 1.99. The number of hydrogen-bond donors (Lipinski definition) is 2. The zero-order valence-electron chi connectivity index (χ0n) is 11.4. The monoisotopic (exact) mass is 297 g/mol. The summed E-state index contributed by atoms with van der Waals surface area (Å²) in [6, 6.07) is 6.46. The number of alkyl halides is 2. The van der Waals surface area contributed by atoms with Gasteiger partial charge in [0.1, 0.15) is 11.6 Å². The number of imidazole rings is 1. The van der Waals surface area contributed by atoms with E-state index < -0.39 is 6.61 Å². The number of ether oxygens (including phenoxy) is 1.